The van der Waals surface area contributed by atoms with Gasteiger partial charge in [0.2, 0.25) is 0 Å². The molecule has 0 heterocycles. The highest BCUT2D eigenvalue weighted by Crippen LogP contribution is 2.57. The molecule has 0 bridgehead atoms. The molecule has 0 amide bonds. The van der Waals surface area contributed by atoms with Crippen molar-refractivity contribution in [2.75, 3.05) is 11.5 Å². The van der Waals surface area contributed by atoms with Crippen molar-refractivity contribution in [3.8, 4) is 61.7 Å². The van der Waals surface area contributed by atoms with Gasteiger partial charge in [-0.2, -0.15) is 5.26 Å². The fraction of sp³-hybridized carbons (Fsp3) is 0. The third-order valence-electron chi connectivity index (χ3n) is 7.57. The molecular weight excluding hydrogens is 462 g/mol. The zero-order valence-electron chi connectivity index (χ0n) is 20.6. The molecule has 0 aromatic heterocycles. The molecule has 0 saturated carbocycles. The van der Waals surface area contributed by atoms with E-state index in [0.29, 0.717) is 16.9 Å². The van der Waals surface area contributed by atoms with Crippen molar-refractivity contribution >= 4 is 22.1 Å². The van der Waals surface area contributed by atoms with Crippen molar-refractivity contribution in [3.05, 3.63) is 121 Å². The second-order valence-electron chi connectivity index (χ2n) is 9.67. The topological polar surface area (TPSA) is 75.8 Å². The van der Waals surface area contributed by atoms with Crippen LogP contribution in [0.2, 0.25) is 0 Å². The Morgan fingerprint density at radius 2 is 1.16 bits per heavy atom. The van der Waals surface area contributed by atoms with Crippen molar-refractivity contribution < 1.29 is 0 Å². The highest BCUT2D eigenvalue weighted by molar-refractivity contribution is 6.23. The maximum atomic E-state index is 9.89. The van der Waals surface area contributed by atoms with Gasteiger partial charge in [-0.15, -0.1) is 0 Å². The lowest BCUT2D eigenvalue weighted by Crippen LogP contribution is -1.97. The highest BCUT2D eigenvalue weighted by atomic mass is 14.7. The van der Waals surface area contributed by atoms with Crippen molar-refractivity contribution in [1.82, 2.24) is 0 Å². The number of nitrogen functional groups attached to an aromatic ring is 2. The number of hydrogen-bond donors (Lipinski definition) is 2. The number of hydrogen-bond acceptors (Lipinski definition) is 3. The Balaban J connectivity index is 1.70. The zero-order valence-corrected chi connectivity index (χ0v) is 20.6. The van der Waals surface area contributed by atoms with E-state index in [-0.39, 0.29) is 0 Å². The first kappa shape index (κ1) is 21.9. The summed E-state index contributed by atoms with van der Waals surface area (Å²) in [7, 11) is 0. The summed E-state index contributed by atoms with van der Waals surface area (Å²) >= 11 is 0. The molecule has 1 aliphatic carbocycles. The van der Waals surface area contributed by atoms with Crippen LogP contribution < -0.4 is 11.5 Å². The third-order valence-corrected chi connectivity index (χ3v) is 7.57. The SMILES string of the molecule is N#Cc1ccc2c3c(cccc13)-c1c(-c3ccccc3)c(-c3ccc(N)c(N)c3)cc(-c3ccccc3)c1-2. The average molecular weight is 486 g/mol. The van der Waals surface area contributed by atoms with E-state index in [1.807, 2.05) is 36.4 Å². The lowest BCUT2D eigenvalue weighted by Gasteiger charge is -2.21. The highest BCUT2D eigenvalue weighted by Gasteiger charge is 2.30. The molecule has 0 spiro atoms. The van der Waals surface area contributed by atoms with Crippen LogP contribution in [0.3, 0.4) is 0 Å². The Labute approximate surface area is 221 Å². The van der Waals surface area contributed by atoms with Crippen molar-refractivity contribution in [1.29, 1.82) is 5.26 Å². The molecule has 6 aromatic carbocycles. The van der Waals surface area contributed by atoms with Crippen LogP contribution in [0.5, 0.6) is 0 Å². The average Bonchev–Trinajstić information content (AvgIpc) is 3.30. The van der Waals surface area contributed by atoms with E-state index in [2.05, 4.69) is 84.9 Å². The minimum absolute atomic E-state index is 0.562. The monoisotopic (exact) mass is 485 g/mol. The lowest BCUT2D eigenvalue weighted by molar-refractivity contribution is 1.50. The van der Waals surface area contributed by atoms with Gasteiger partial charge in [0, 0.05) is 5.39 Å². The van der Waals surface area contributed by atoms with Gasteiger partial charge in [-0.3, -0.25) is 0 Å². The number of fused-ring (bicyclic) bond motifs is 3. The standard InChI is InChI=1S/C35H23N3/c36-20-24-14-16-27-33-25(24)12-7-13-26(33)35-32(22-10-5-2-6-11-22)29(23-15-17-30(37)31(38)18-23)19-28(34(27)35)21-8-3-1-4-9-21/h1-19H,37-38H2. The van der Waals surface area contributed by atoms with E-state index in [9.17, 15) is 5.26 Å². The number of nitrogens with zero attached hydrogens (tertiary/aromatic N) is 1. The van der Waals surface area contributed by atoms with Crippen molar-refractivity contribution in [2.24, 2.45) is 0 Å². The molecule has 0 saturated heterocycles. The quantitative estimate of drug-likeness (QED) is 0.246. The van der Waals surface area contributed by atoms with Crippen molar-refractivity contribution in [2.45, 2.75) is 0 Å². The fourth-order valence-corrected chi connectivity index (χ4v) is 5.87. The van der Waals surface area contributed by atoms with E-state index in [0.717, 1.165) is 55.3 Å². The number of benzene rings is 6. The van der Waals surface area contributed by atoms with E-state index >= 15 is 0 Å². The minimum atomic E-state index is 0.562. The molecule has 3 heteroatoms. The Morgan fingerprint density at radius 3 is 1.87 bits per heavy atom. The summed E-state index contributed by atoms with van der Waals surface area (Å²) < 4.78 is 0. The molecule has 38 heavy (non-hydrogen) atoms. The maximum Gasteiger partial charge on any atom is 0.0998 e. The molecule has 4 N–H and O–H groups in total. The fourth-order valence-electron chi connectivity index (χ4n) is 5.87. The van der Waals surface area contributed by atoms with Gasteiger partial charge in [-0.1, -0.05) is 91.0 Å². The van der Waals surface area contributed by atoms with Gasteiger partial charge >= 0.3 is 0 Å². The first-order chi connectivity index (χ1) is 18.7. The number of anilines is 2. The van der Waals surface area contributed by atoms with Gasteiger partial charge in [-0.25, -0.2) is 0 Å². The zero-order chi connectivity index (χ0) is 25.8. The normalized spacial score (nSPS) is 11.3. The largest absolute Gasteiger partial charge is 0.397 e. The van der Waals surface area contributed by atoms with E-state index < -0.39 is 0 Å². The van der Waals surface area contributed by atoms with Gasteiger partial charge < -0.3 is 11.5 Å². The molecule has 0 atom stereocenters. The number of nitrogens with two attached hydrogens (primary N) is 2. The first-order valence-corrected chi connectivity index (χ1v) is 12.6. The van der Waals surface area contributed by atoms with Gasteiger partial charge in [-0.05, 0) is 85.3 Å². The molecular formula is C35H23N3. The molecule has 0 fully saturated rings. The van der Waals surface area contributed by atoms with Gasteiger partial charge in [0.1, 0.15) is 0 Å². The van der Waals surface area contributed by atoms with Crippen LogP contribution >= 0.6 is 0 Å². The Morgan fingerprint density at radius 1 is 0.474 bits per heavy atom. The summed E-state index contributed by atoms with van der Waals surface area (Å²) in [4.78, 5) is 0. The Kier molecular flexibility index (Phi) is 4.82. The molecule has 7 rings (SSSR count). The minimum Gasteiger partial charge on any atom is -0.397 e. The molecule has 3 nitrogen and oxygen atoms in total. The summed E-state index contributed by atoms with van der Waals surface area (Å²) in [5.74, 6) is 0. The van der Waals surface area contributed by atoms with Crippen LogP contribution in [0.25, 0.3) is 66.4 Å². The number of rotatable bonds is 3. The van der Waals surface area contributed by atoms with Crippen LogP contribution in [0.15, 0.2) is 115 Å². The third kappa shape index (κ3) is 3.14. The second-order valence-corrected chi connectivity index (χ2v) is 9.67. The van der Waals surface area contributed by atoms with E-state index in [1.165, 1.54) is 11.1 Å². The number of nitriles is 1. The van der Waals surface area contributed by atoms with Crippen molar-refractivity contribution in [3.63, 3.8) is 0 Å². The Hall–Kier alpha value is -5.33. The van der Waals surface area contributed by atoms with Gasteiger partial charge in [0.05, 0.1) is 23.0 Å². The van der Waals surface area contributed by atoms with Crippen LogP contribution in [0.4, 0.5) is 11.4 Å². The summed E-state index contributed by atoms with van der Waals surface area (Å²) in [6.45, 7) is 0. The molecule has 0 radical (unpaired) electrons. The predicted molar refractivity (Wildman–Crippen MR) is 158 cm³/mol. The molecule has 6 aromatic rings. The smallest absolute Gasteiger partial charge is 0.0998 e. The summed E-state index contributed by atoms with van der Waals surface area (Å²) in [5, 5.41) is 12.0. The Bertz CT molecular complexity index is 1930. The van der Waals surface area contributed by atoms with E-state index in [1.54, 1.807) is 0 Å². The van der Waals surface area contributed by atoms with Crippen LogP contribution in [-0.2, 0) is 0 Å². The van der Waals surface area contributed by atoms with Gasteiger partial charge in [0.25, 0.3) is 0 Å². The molecule has 0 unspecified atom stereocenters. The van der Waals surface area contributed by atoms with Crippen LogP contribution in [0.1, 0.15) is 5.56 Å². The van der Waals surface area contributed by atoms with Crippen LogP contribution in [-0.4, -0.2) is 0 Å². The van der Waals surface area contributed by atoms with Gasteiger partial charge in [0.15, 0.2) is 0 Å². The van der Waals surface area contributed by atoms with E-state index in [4.69, 9.17) is 11.5 Å². The summed E-state index contributed by atoms with van der Waals surface area (Å²) in [6, 6.07) is 41.9. The molecule has 178 valence electrons. The second kappa shape index (κ2) is 8.37. The lowest BCUT2D eigenvalue weighted by atomic mass is 9.82. The first-order valence-electron chi connectivity index (χ1n) is 12.6. The summed E-state index contributed by atoms with van der Waals surface area (Å²) in [6.07, 6.45) is 0. The maximum absolute atomic E-state index is 9.89. The predicted octanol–water partition coefficient (Wildman–Crippen LogP) is 8.52. The summed E-state index contributed by atoms with van der Waals surface area (Å²) in [5.41, 5.74) is 25.6. The molecule has 0 aliphatic heterocycles. The molecule has 1 aliphatic rings. The van der Waals surface area contributed by atoms with Crippen LogP contribution in [0, 0.1) is 11.3 Å².